The third-order valence-corrected chi connectivity index (χ3v) is 4.57. The van der Waals surface area contributed by atoms with Gasteiger partial charge in [0.2, 0.25) is 15.9 Å². The summed E-state index contributed by atoms with van der Waals surface area (Å²) in [6, 6.07) is 12.5. The van der Waals surface area contributed by atoms with Crippen molar-refractivity contribution in [1.29, 1.82) is 0 Å². The summed E-state index contributed by atoms with van der Waals surface area (Å²) in [6.07, 6.45) is 0.979. The third-order valence-electron chi connectivity index (χ3n) is 3.37. The normalized spacial score (nSPS) is 11.1. The van der Waals surface area contributed by atoms with Crippen molar-refractivity contribution in [2.45, 2.75) is 13.3 Å². The maximum Gasteiger partial charge on any atom is 0.232 e. The van der Waals surface area contributed by atoms with E-state index in [1.807, 2.05) is 19.1 Å². The van der Waals surface area contributed by atoms with Crippen LogP contribution in [0.3, 0.4) is 0 Å². The maximum absolute atomic E-state index is 13.3. The lowest BCUT2D eigenvalue weighted by Gasteiger charge is -2.22. The molecule has 2 aromatic rings. The van der Waals surface area contributed by atoms with Crippen LogP contribution in [0.25, 0.3) is 0 Å². The Morgan fingerprint density at radius 3 is 2.42 bits per heavy atom. The van der Waals surface area contributed by atoms with Crippen LogP contribution < -0.4 is 9.62 Å². The molecule has 0 saturated carbocycles. The van der Waals surface area contributed by atoms with Crippen molar-refractivity contribution >= 4 is 27.3 Å². The lowest BCUT2D eigenvalue weighted by Crippen LogP contribution is -2.33. The zero-order valence-electron chi connectivity index (χ0n) is 13.5. The maximum atomic E-state index is 13.3. The van der Waals surface area contributed by atoms with E-state index < -0.39 is 15.8 Å². The number of rotatable bonds is 6. The van der Waals surface area contributed by atoms with Gasteiger partial charge in [0.15, 0.2) is 0 Å². The molecule has 0 bridgehead atoms. The first-order valence-corrected chi connectivity index (χ1v) is 9.20. The van der Waals surface area contributed by atoms with Crippen LogP contribution in [-0.2, 0) is 14.8 Å². The Morgan fingerprint density at radius 1 is 1.17 bits per heavy atom. The molecule has 2 aromatic carbocycles. The van der Waals surface area contributed by atoms with Crippen molar-refractivity contribution in [1.82, 2.24) is 0 Å². The lowest BCUT2D eigenvalue weighted by atomic mass is 10.2. The molecule has 0 aromatic heterocycles. The number of carbonyl (C=O) groups is 1. The number of halogens is 1. The summed E-state index contributed by atoms with van der Waals surface area (Å²) in [4.78, 5) is 12.0. The molecule has 0 atom stereocenters. The summed E-state index contributed by atoms with van der Waals surface area (Å²) < 4.78 is 38.2. The van der Waals surface area contributed by atoms with E-state index in [-0.39, 0.29) is 24.6 Å². The van der Waals surface area contributed by atoms with Gasteiger partial charge in [0, 0.05) is 18.7 Å². The molecule has 0 radical (unpaired) electrons. The Balaban J connectivity index is 2.05. The Morgan fingerprint density at radius 2 is 1.83 bits per heavy atom. The van der Waals surface area contributed by atoms with Gasteiger partial charge in [0.25, 0.3) is 0 Å². The monoisotopic (exact) mass is 350 g/mol. The van der Waals surface area contributed by atoms with E-state index in [9.17, 15) is 17.6 Å². The number of hydrogen-bond donors (Lipinski definition) is 1. The fourth-order valence-corrected chi connectivity index (χ4v) is 3.10. The number of anilines is 2. The van der Waals surface area contributed by atoms with E-state index in [1.54, 1.807) is 12.1 Å². The van der Waals surface area contributed by atoms with E-state index in [2.05, 4.69) is 5.32 Å². The van der Waals surface area contributed by atoms with Crippen LogP contribution in [-0.4, -0.2) is 27.1 Å². The predicted octanol–water partition coefficient (Wildman–Crippen LogP) is 2.93. The van der Waals surface area contributed by atoms with Crippen LogP contribution in [0.15, 0.2) is 48.5 Å². The van der Waals surface area contributed by atoms with Crippen molar-refractivity contribution in [3.8, 4) is 0 Å². The SMILES string of the molecule is Cc1ccc(NC(=O)CCN(c2cccc(F)c2)S(C)(=O)=O)cc1. The molecule has 0 aliphatic heterocycles. The molecule has 0 saturated heterocycles. The molecule has 1 N–H and O–H groups in total. The first-order valence-electron chi connectivity index (χ1n) is 7.35. The number of benzene rings is 2. The lowest BCUT2D eigenvalue weighted by molar-refractivity contribution is -0.116. The molecule has 0 heterocycles. The van der Waals surface area contributed by atoms with E-state index in [0.717, 1.165) is 22.2 Å². The van der Waals surface area contributed by atoms with E-state index >= 15 is 0 Å². The molecule has 0 unspecified atom stereocenters. The van der Waals surface area contributed by atoms with Crippen molar-refractivity contribution < 1.29 is 17.6 Å². The average Bonchev–Trinajstić information content (AvgIpc) is 2.48. The fraction of sp³-hybridized carbons (Fsp3) is 0.235. The first-order chi connectivity index (χ1) is 11.3. The van der Waals surface area contributed by atoms with E-state index in [0.29, 0.717) is 5.69 Å². The topological polar surface area (TPSA) is 66.5 Å². The third kappa shape index (κ3) is 5.06. The van der Waals surface area contributed by atoms with Crippen molar-refractivity contribution in [3.63, 3.8) is 0 Å². The van der Waals surface area contributed by atoms with Gasteiger partial charge in [-0.15, -0.1) is 0 Å². The number of carbonyl (C=O) groups excluding carboxylic acids is 1. The second kappa shape index (κ2) is 7.44. The zero-order chi connectivity index (χ0) is 17.7. The zero-order valence-corrected chi connectivity index (χ0v) is 14.3. The quantitative estimate of drug-likeness (QED) is 0.871. The Kier molecular flexibility index (Phi) is 5.56. The van der Waals surface area contributed by atoms with E-state index in [1.165, 1.54) is 18.2 Å². The largest absolute Gasteiger partial charge is 0.326 e. The molecule has 2 rings (SSSR count). The number of sulfonamides is 1. The number of nitrogens with zero attached hydrogens (tertiary/aromatic N) is 1. The van der Waals surface area contributed by atoms with Gasteiger partial charge in [-0.3, -0.25) is 9.10 Å². The highest BCUT2D eigenvalue weighted by Gasteiger charge is 2.19. The van der Waals surface area contributed by atoms with E-state index in [4.69, 9.17) is 0 Å². The Labute approximate surface area is 141 Å². The van der Waals surface area contributed by atoms with Crippen LogP contribution in [0.4, 0.5) is 15.8 Å². The fourth-order valence-electron chi connectivity index (χ4n) is 2.18. The number of aryl methyl sites for hydroxylation is 1. The van der Waals surface area contributed by atoms with Gasteiger partial charge in [-0.05, 0) is 37.3 Å². The smallest absolute Gasteiger partial charge is 0.232 e. The van der Waals surface area contributed by atoms with Crippen molar-refractivity contribution in [2.75, 3.05) is 22.4 Å². The van der Waals surface area contributed by atoms with Crippen LogP contribution >= 0.6 is 0 Å². The van der Waals surface area contributed by atoms with Gasteiger partial charge in [-0.2, -0.15) is 0 Å². The molecule has 0 aliphatic rings. The highest BCUT2D eigenvalue weighted by molar-refractivity contribution is 7.92. The second-order valence-electron chi connectivity index (χ2n) is 5.48. The molecule has 7 heteroatoms. The minimum absolute atomic E-state index is 0.0442. The Hall–Kier alpha value is -2.41. The number of hydrogen-bond acceptors (Lipinski definition) is 3. The van der Waals surface area contributed by atoms with Crippen LogP contribution in [0.1, 0.15) is 12.0 Å². The first kappa shape index (κ1) is 17.9. The van der Waals surface area contributed by atoms with Crippen LogP contribution in [0.2, 0.25) is 0 Å². The number of amides is 1. The summed E-state index contributed by atoms with van der Waals surface area (Å²) in [5, 5.41) is 2.70. The molecule has 0 fully saturated rings. The molecular formula is C17H19FN2O3S. The van der Waals surface area contributed by atoms with Gasteiger partial charge in [0.05, 0.1) is 11.9 Å². The van der Waals surface area contributed by atoms with Gasteiger partial charge < -0.3 is 5.32 Å². The molecule has 5 nitrogen and oxygen atoms in total. The molecule has 1 amide bonds. The van der Waals surface area contributed by atoms with Crippen molar-refractivity contribution in [2.24, 2.45) is 0 Å². The van der Waals surface area contributed by atoms with Gasteiger partial charge >= 0.3 is 0 Å². The summed E-state index contributed by atoms with van der Waals surface area (Å²) in [5.41, 5.74) is 1.91. The van der Waals surface area contributed by atoms with Crippen LogP contribution in [0.5, 0.6) is 0 Å². The summed E-state index contributed by atoms with van der Waals surface area (Å²) in [7, 11) is -3.62. The van der Waals surface area contributed by atoms with Crippen LogP contribution in [0, 0.1) is 12.7 Å². The molecular weight excluding hydrogens is 331 g/mol. The Bertz CT molecular complexity index is 820. The second-order valence-corrected chi connectivity index (χ2v) is 7.39. The predicted molar refractivity (Wildman–Crippen MR) is 93.0 cm³/mol. The van der Waals surface area contributed by atoms with Gasteiger partial charge in [-0.25, -0.2) is 12.8 Å². The molecule has 128 valence electrons. The highest BCUT2D eigenvalue weighted by Crippen LogP contribution is 2.19. The minimum Gasteiger partial charge on any atom is -0.326 e. The van der Waals surface area contributed by atoms with Gasteiger partial charge in [0.1, 0.15) is 5.82 Å². The summed E-state index contributed by atoms with van der Waals surface area (Å²) in [5.74, 6) is -0.853. The average molecular weight is 350 g/mol. The summed E-state index contributed by atoms with van der Waals surface area (Å²) >= 11 is 0. The molecule has 0 aliphatic carbocycles. The van der Waals surface area contributed by atoms with Crippen molar-refractivity contribution in [3.05, 3.63) is 59.9 Å². The summed E-state index contributed by atoms with van der Waals surface area (Å²) in [6.45, 7) is 1.87. The molecule has 0 spiro atoms. The van der Waals surface area contributed by atoms with Gasteiger partial charge in [-0.1, -0.05) is 23.8 Å². The number of nitrogens with one attached hydrogen (secondary N) is 1. The minimum atomic E-state index is -3.62. The highest BCUT2D eigenvalue weighted by atomic mass is 32.2. The molecule has 24 heavy (non-hydrogen) atoms. The standard InChI is InChI=1S/C17H19FN2O3S/c1-13-6-8-15(9-7-13)19-17(21)10-11-20(24(2,22)23)16-5-3-4-14(18)12-16/h3-9,12H,10-11H2,1-2H3,(H,19,21).